The number of nitrogens with zero attached hydrogens (tertiary/aromatic N) is 1. The fourth-order valence-corrected chi connectivity index (χ4v) is 2.65. The van der Waals surface area contributed by atoms with Crippen molar-refractivity contribution in [2.45, 2.75) is 18.6 Å². The Morgan fingerprint density at radius 3 is 2.74 bits per heavy atom. The van der Waals surface area contributed by atoms with Crippen molar-refractivity contribution in [2.24, 2.45) is 0 Å². The van der Waals surface area contributed by atoms with Gasteiger partial charge in [-0.1, -0.05) is 27.5 Å². The van der Waals surface area contributed by atoms with E-state index >= 15 is 0 Å². The number of carbonyl (C=O) groups is 2. The van der Waals surface area contributed by atoms with E-state index in [4.69, 9.17) is 16.7 Å². The third-order valence-corrected chi connectivity index (χ3v) is 3.81. The highest BCUT2D eigenvalue weighted by Crippen LogP contribution is 2.26. The number of hydrogen-bond acceptors (Lipinski definition) is 3. The van der Waals surface area contributed by atoms with Crippen LogP contribution in [0, 0.1) is 0 Å². The van der Waals surface area contributed by atoms with Crippen molar-refractivity contribution in [3.05, 3.63) is 33.3 Å². The van der Waals surface area contributed by atoms with Crippen molar-refractivity contribution in [1.82, 2.24) is 4.90 Å². The lowest BCUT2D eigenvalue weighted by Gasteiger charge is -2.21. The monoisotopic (exact) mass is 347 g/mol. The van der Waals surface area contributed by atoms with Gasteiger partial charge in [0.05, 0.1) is 16.7 Å². The SMILES string of the molecule is O=C(O)[C@@H]1C[C@H](O)CN1C(=O)c1cc(Br)ccc1Cl. The summed E-state index contributed by atoms with van der Waals surface area (Å²) in [6.07, 6.45) is -0.789. The molecule has 19 heavy (non-hydrogen) atoms. The van der Waals surface area contributed by atoms with Crippen LogP contribution in [0.5, 0.6) is 0 Å². The van der Waals surface area contributed by atoms with Crippen molar-refractivity contribution in [2.75, 3.05) is 6.54 Å². The first-order valence-corrected chi connectivity index (χ1v) is 6.74. The summed E-state index contributed by atoms with van der Waals surface area (Å²) in [6, 6.07) is 3.76. The quantitative estimate of drug-likeness (QED) is 0.854. The summed E-state index contributed by atoms with van der Waals surface area (Å²) >= 11 is 9.19. The molecule has 2 N–H and O–H groups in total. The van der Waals surface area contributed by atoms with Gasteiger partial charge in [-0.05, 0) is 18.2 Å². The van der Waals surface area contributed by atoms with Crippen molar-refractivity contribution in [3.63, 3.8) is 0 Å². The van der Waals surface area contributed by atoms with E-state index in [-0.39, 0.29) is 23.6 Å². The second kappa shape index (κ2) is 5.48. The third kappa shape index (κ3) is 2.91. The number of carbonyl (C=O) groups excluding carboxylic acids is 1. The average Bonchev–Trinajstić information content (AvgIpc) is 2.74. The van der Waals surface area contributed by atoms with E-state index in [1.807, 2.05) is 0 Å². The van der Waals surface area contributed by atoms with Crippen molar-refractivity contribution < 1.29 is 19.8 Å². The Labute approximate surface area is 122 Å². The van der Waals surface area contributed by atoms with Gasteiger partial charge in [0.25, 0.3) is 5.91 Å². The second-order valence-corrected chi connectivity index (χ2v) is 5.65. The molecule has 1 aliphatic rings. The van der Waals surface area contributed by atoms with Gasteiger partial charge in [-0.2, -0.15) is 0 Å². The van der Waals surface area contributed by atoms with E-state index in [1.54, 1.807) is 12.1 Å². The first-order chi connectivity index (χ1) is 8.90. The predicted molar refractivity (Wildman–Crippen MR) is 72.2 cm³/mol. The average molecular weight is 349 g/mol. The summed E-state index contributed by atoms with van der Waals surface area (Å²) in [4.78, 5) is 24.6. The van der Waals surface area contributed by atoms with Gasteiger partial charge in [0.2, 0.25) is 0 Å². The molecule has 1 aromatic carbocycles. The Morgan fingerprint density at radius 1 is 1.42 bits per heavy atom. The molecule has 102 valence electrons. The van der Waals surface area contributed by atoms with Crippen LogP contribution in [0.1, 0.15) is 16.8 Å². The largest absolute Gasteiger partial charge is 0.480 e. The molecule has 1 amide bonds. The lowest BCUT2D eigenvalue weighted by atomic mass is 10.1. The molecular weight excluding hydrogens is 337 g/mol. The van der Waals surface area contributed by atoms with Crippen LogP contribution in [0.2, 0.25) is 5.02 Å². The number of halogens is 2. The number of β-amino-alcohol motifs (C(OH)–C–C–N with tert-alkyl or cyclic N) is 1. The van der Waals surface area contributed by atoms with Crippen molar-refractivity contribution >= 4 is 39.4 Å². The molecule has 1 fully saturated rings. The van der Waals surface area contributed by atoms with E-state index in [9.17, 15) is 14.7 Å². The Balaban J connectivity index is 2.33. The van der Waals surface area contributed by atoms with Gasteiger partial charge in [0.15, 0.2) is 0 Å². The van der Waals surface area contributed by atoms with E-state index < -0.39 is 24.0 Å². The lowest BCUT2D eigenvalue weighted by molar-refractivity contribution is -0.141. The summed E-state index contributed by atoms with van der Waals surface area (Å²) in [5.74, 6) is -1.62. The van der Waals surface area contributed by atoms with Crippen LogP contribution in [0.25, 0.3) is 0 Å². The molecule has 7 heteroatoms. The maximum absolute atomic E-state index is 12.3. The van der Waals surface area contributed by atoms with Crippen LogP contribution >= 0.6 is 27.5 Å². The smallest absolute Gasteiger partial charge is 0.326 e. The van der Waals surface area contributed by atoms with E-state index in [0.717, 1.165) is 4.90 Å². The standard InChI is InChI=1S/C12H11BrClNO4/c13-6-1-2-9(14)8(3-6)11(17)15-5-7(16)4-10(15)12(18)19/h1-3,7,10,16H,4-5H2,(H,18,19)/t7-,10-/m0/s1. The maximum atomic E-state index is 12.3. The number of hydrogen-bond donors (Lipinski definition) is 2. The Kier molecular flexibility index (Phi) is 4.13. The molecular formula is C12H11BrClNO4. The van der Waals surface area contributed by atoms with Gasteiger partial charge in [0, 0.05) is 17.4 Å². The number of aliphatic hydroxyl groups is 1. The zero-order valence-corrected chi connectivity index (χ0v) is 12.1. The molecule has 1 aromatic rings. The van der Waals surface area contributed by atoms with Crippen LogP contribution in [-0.4, -0.2) is 45.7 Å². The first-order valence-electron chi connectivity index (χ1n) is 5.57. The zero-order chi connectivity index (χ0) is 14.2. The number of amides is 1. The molecule has 0 aliphatic carbocycles. The Morgan fingerprint density at radius 2 is 2.11 bits per heavy atom. The molecule has 0 spiro atoms. The van der Waals surface area contributed by atoms with Crippen LogP contribution < -0.4 is 0 Å². The van der Waals surface area contributed by atoms with E-state index in [2.05, 4.69) is 15.9 Å². The molecule has 2 rings (SSSR count). The maximum Gasteiger partial charge on any atom is 0.326 e. The number of carboxylic acids is 1. The van der Waals surface area contributed by atoms with E-state index in [1.165, 1.54) is 6.07 Å². The van der Waals surface area contributed by atoms with Gasteiger partial charge in [-0.3, -0.25) is 4.79 Å². The van der Waals surface area contributed by atoms with Crippen LogP contribution in [-0.2, 0) is 4.79 Å². The predicted octanol–water partition coefficient (Wildman–Crippen LogP) is 1.76. The van der Waals surface area contributed by atoms with Gasteiger partial charge in [-0.25, -0.2) is 4.79 Å². The Bertz CT molecular complexity index is 536. The number of likely N-dealkylation sites (tertiary alicyclic amines) is 1. The van der Waals surface area contributed by atoms with Gasteiger partial charge < -0.3 is 15.1 Å². The zero-order valence-electron chi connectivity index (χ0n) is 9.72. The van der Waals surface area contributed by atoms with Crippen LogP contribution in [0.3, 0.4) is 0 Å². The molecule has 5 nitrogen and oxygen atoms in total. The topological polar surface area (TPSA) is 77.8 Å². The molecule has 0 aromatic heterocycles. The summed E-state index contributed by atoms with van der Waals surface area (Å²) in [5, 5.41) is 18.9. The fourth-order valence-electron chi connectivity index (χ4n) is 2.09. The molecule has 1 aliphatic heterocycles. The second-order valence-electron chi connectivity index (χ2n) is 4.33. The summed E-state index contributed by atoms with van der Waals surface area (Å²) in [5.41, 5.74) is 0.219. The molecule has 0 radical (unpaired) electrons. The minimum absolute atomic E-state index is 0.00135. The molecule has 0 bridgehead atoms. The highest BCUT2D eigenvalue weighted by molar-refractivity contribution is 9.10. The summed E-state index contributed by atoms with van der Waals surface area (Å²) < 4.78 is 0.673. The van der Waals surface area contributed by atoms with E-state index in [0.29, 0.717) is 4.47 Å². The van der Waals surface area contributed by atoms with Gasteiger partial charge in [0.1, 0.15) is 6.04 Å². The number of rotatable bonds is 2. The molecule has 0 unspecified atom stereocenters. The van der Waals surface area contributed by atoms with Gasteiger partial charge >= 0.3 is 5.97 Å². The number of aliphatic carboxylic acids is 1. The van der Waals surface area contributed by atoms with Gasteiger partial charge in [-0.15, -0.1) is 0 Å². The highest BCUT2D eigenvalue weighted by Gasteiger charge is 2.39. The highest BCUT2D eigenvalue weighted by atomic mass is 79.9. The summed E-state index contributed by atoms with van der Waals surface area (Å²) in [7, 11) is 0. The fraction of sp³-hybridized carbons (Fsp3) is 0.333. The van der Waals surface area contributed by atoms with Crippen LogP contribution in [0.15, 0.2) is 22.7 Å². The Hall–Kier alpha value is -1.11. The molecule has 1 saturated heterocycles. The minimum Gasteiger partial charge on any atom is -0.480 e. The number of aliphatic hydroxyl groups excluding tert-OH is 1. The van der Waals surface area contributed by atoms with Crippen LogP contribution in [0.4, 0.5) is 0 Å². The third-order valence-electron chi connectivity index (χ3n) is 2.98. The molecule has 1 heterocycles. The molecule has 0 saturated carbocycles. The number of carboxylic acid groups (broad SMARTS) is 1. The first kappa shape index (κ1) is 14.3. The molecule has 2 atom stereocenters. The normalized spacial score (nSPS) is 22.6. The lowest BCUT2D eigenvalue weighted by Crippen LogP contribution is -2.40. The number of benzene rings is 1. The van der Waals surface area contributed by atoms with Crippen molar-refractivity contribution in [1.29, 1.82) is 0 Å². The van der Waals surface area contributed by atoms with Crippen molar-refractivity contribution in [3.8, 4) is 0 Å². The summed E-state index contributed by atoms with van der Waals surface area (Å²) in [6.45, 7) is -0.00135. The minimum atomic E-state index is -1.13.